The average molecular weight is 383 g/mol. The number of benzene rings is 3. The Morgan fingerprint density at radius 2 is 1.55 bits per heavy atom. The second kappa shape index (κ2) is 7.96. The Labute approximate surface area is 171 Å². The lowest BCUT2D eigenvalue weighted by molar-refractivity contribution is -0.145. The van der Waals surface area contributed by atoms with Crippen LogP contribution in [-0.2, 0) is 23.2 Å². The van der Waals surface area contributed by atoms with Gasteiger partial charge in [0, 0.05) is 23.6 Å². The quantitative estimate of drug-likeness (QED) is 0.416. The summed E-state index contributed by atoms with van der Waals surface area (Å²) in [5.74, 6) is -0.692. The molecule has 1 atom stereocenters. The summed E-state index contributed by atoms with van der Waals surface area (Å²) in [7, 11) is 2.04. The van der Waals surface area contributed by atoms with E-state index in [2.05, 4.69) is 30.5 Å². The number of hydrogen-bond donors (Lipinski definition) is 0. The van der Waals surface area contributed by atoms with E-state index in [0.29, 0.717) is 0 Å². The van der Waals surface area contributed by atoms with Crippen molar-refractivity contribution in [3.8, 4) is 0 Å². The summed E-state index contributed by atoms with van der Waals surface area (Å²) in [6.07, 6.45) is 0. The summed E-state index contributed by atoms with van der Waals surface area (Å²) >= 11 is 0. The average Bonchev–Trinajstić information content (AvgIpc) is 3.00. The number of hydrogen-bond acceptors (Lipinski definition) is 2. The Kier molecular flexibility index (Phi) is 5.22. The molecule has 1 heterocycles. The molecule has 0 radical (unpaired) electrons. The van der Waals surface area contributed by atoms with Crippen LogP contribution >= 0.6 is 0 Å². The Hall–Kier alpha value is -3.33. The molecular weight excluding hydrogens is 358 g/mol. The van der Waals surface area contributed by atoms with Crippen molar-refractivity contribution in [2.75, 3.05) is 0 Å². The highest BCUT2D eigenvalue weighted by atomic mass is 16.5. The van der Waals surface area contributed by atoms with Crippen molar-refractivity contribution in [2.24, 2.45) is 7.05 Å². The van der Waals surface area contributed by atoms with Crippen LogP contribution in [0.25, 0.3) is 10.9 Å². The minimum atomic E-state index is -0.467. The molecule has 0 aliphatic rings. The summed E-state index contributed by atoms with van der Waals surface area (Å²) < 4.78 is 7.94. The van der Waals surface area contributed by atoms with E-state index in [0.717, 1.165) is 33.3 Å². The molecule has 3 aromatic carbocycles. The molecular formula is C26H25NO2. The fourth-order valence-electron chi connectivity index (χ4n) is 3.91. The van der Waals surface area contributed by atoms with Gasteiger partial charge in [0.25, 0.3) is 0 Å². The van der Waals surface area contributed by atoms with Crippen molar-refractivity contribution in [3.05, 3.63) is 107 Å². The van der Waals surface area contributed by atoms with E-state index in [1.807, 2.05) is 73.8 Å². The number of rotatable bonds is 5. The van der Waals surface area contributed by atoms with E-state index >= 15 is 0 Å². The molecule has 1 aromatic heterocycles. The van der Waals surface area contributed by atoms with Crippen molar-refractivity contribution in [2.45, 2.75) is 26.4 Å². The number of fused-ring (bicyclic) bond motifs is 1. The fourth-order valence-corrected chi connectivity index (χ4v) is 3.91. The third-order valence-electron chi connectivity index (χ3n) is 5.61. The molecule has 0 N–H and O–H groups in total. The lowest BCUT2D eigenvalue weighted by Gasteiger charge is -2.18. The highest BCUT2D eigenvalue weighted by Gasteiger charge is 2.30. The lowest BCUT2D eigenvalue weighted by Crippen LogP contribution is -2.18. The van der Waals surface area contributed by atoms with Crippen molar-refractivity contribution >= 4 is 16.9 Å². The zero-order valence-corrected chi connectivity index (χ0v) is 17.1. The molecule has 0 saturated heterocycles. The third-order valence-corrected chi connectivity index (χ3v) is 5.61. The number of nitrogens with zero attached hydrogens (tertiary/aromatic N) is 1. The van der Waals surface area contributed by atoms with E-state index in [9.17, 15) is 4.79 Å². The molecule has 0 spiro atoms. The predicted molar refractivity (Wildman–Crippen MR) is 117 cm³/mol. The minimum Gasteiger partial charge on any atom is -0.460 e. The van der Waals surface area contributed by atoms with Crippen LogP contribution in [0.5, 0.6) is 0 Å². The summed E-state index contributed by atoms with van der Waals surface area (Å²) in [4.78, 5) is 13.4. The van der Waals surface area contributed by atoms with E-state index < -0.39 is 5.92 Å². The van der Waals surface area contributed by atoms with E-state index in [4.69, 9.17) is 4.74 Å². The Bertz CT molecular complexity index is 1140. The van der Waals surface area contributed by atoms with Crippen molar-refractivity contribution in [3.63, 3.8) is 0 Å². The van der Waals surface area contributed by atoms with Crippen molar-refractivity contribution in [1.82, 2.24) is 4.57 Å². The predicted octanol–water partition coefficient (Wildman–Crippen LogP) is 5.67. The minimum absolute atomic E-state index is 0.225. The molecule has 0 bridgehead atoms. The van der Waals surface area contributed by atoms with Crippen LogP contribution in [0.15, 0.2) is 78.9 Å². The van der Waals surface area contributed by atoms with Crippen LogP contribution in [0.4, 0.5) is 0 Å². The highest BCUT2D eigenvalue weighted by Crippen LogP contribution is 2.36. The highest BCUT2D eigenvalue weighted by molar-refractivity contribution is 5.93. The number of carbonyl (C=O) groups excluding carboxylic acids is 1. The van der Waals surface area contributed by atoms with Crippen LogP contribution in [-0.4, -0.2) is 10.5 Å². The maximum absolute atomic E-state index is 13.4. The van der Waals surface area contributed by atoms with Crippen LogP contribution < -0.4 is 0 Å². The molecule has 0 aliphatic heterocycles. The van der Waals surface area contributed by atoms with Crippen LogP contribution in [0, 0.1) is 13.8 Å². The second-order valence-electron chi connectivity index (χ2n) is 7.51. The molecule has 3 heteroatoms. The Morgan fingerprint density at radius 1 is 0.897 bits per heavy atom. The van der Waals surface area contributed by atoms with Gasteiger partial charge in [-0.1, -0.05) is 78.4 Å². The molecule has 0 amide bonds. The number of aryl methyl sites for hydroxylation is 2. The first-order valence-corrected chi connectivity index (χ1v) is 9.87. The van der Waals surface area contributed by atoms with E-state index in [1.165, 1.54) is 5.56 Å². The van der Waals surface area contributed by atoms with Gasteiger partial charge in [-0.15, -0.1) is 0 Å². The van der Waals surface area contributed by atoms with Gasteiger partial charge >= 0.3 is 5.97 Å². The summed E-state index contributed by atoms with van der Waals surface area (Å²) in [6.45, 7) is 4.39. The van der Waals surface area contributed by atoms with Gasteiger partial charge in [-0.3, -0.25) is 4.79 Å². The van der Waals surface area contributed by atoms with Gasteiger partial charge < -0.3 is 9.30 Å². The zero-order chi connectivity index (χ0) is 20.4. The van der Waals surface area contributed by atoms with Gasteiger partial charge in [0.1, 0.15) is 12.5 Å². The first kappa shape index (κ1) is 19.0. The number of para-hydroxylation sites is 1. The zero-order valence-electron chi connectivity index (χ0n) is 17.1. The molecule has 29 heavy (non-hydrogen) atoms. The normalized spacial score (nSPS) is 12.1. The van der Waals surface area contributed by atoms with Crippen LogP contribution in [0.3, 0.4) is 0 Å². The molecule has 4 rings (SSSR count). The molecule has 0 aliphatic carbocycles. The molecule has 0 saturated carbocycles. The van der Waals surface area contributed by atoms with Gasteiger partial charge in [-0.25, -0.2) is 0 Å². The monoisotopic (exact) mass is 383 g/mol. The Balaban J connectivity index is 1.78. The van der Waals surface area contributed by atoms with Crippen molar-refractivity contribution < 1.29 is 9.53 Å². The lowest BCUT2D eigenvalue weighted by atomic mass is 9.89. The number of carbonyl (C=O) groups is 1. The summed E-state index contributed by atoms with van der Waals surface area (Å²) in [5.41, 5.74) is 6.32. The van der Waals surface area contributed by atoms with Gasteiger partial charge in [0.05, 0.1) is 0 Å². The van der Waals surface area contributed by atoms with Gasteiger partial charge in [0.15, 0.2) is 0 Å². The molecule has 0 fully saturated rings. The molecule has 3 nitrogen and oxygen atoms in total. The topological polar surface area (TPSA) is 31.2 Å². The second-order valence-corrected chi connectivity index (χ2v) is 7.51. The van der Waals surface area contributed by atoms with Crippen LogP contribution in [0.2, 0.25) is 0 Å². The van der Waals surface area contributed by atoms with Gasteiger partial charge in [0.2, 0.25) is 0 Å². The van der Waals surface area contributed by atoms with Gasteiger partial charge in [-0.05, 0) is 36.6 Å². The van der Waals surface area contributed by atoms with Crippen molar-refractivity contribution in [1.29, 1.82) is 0 Å². The number of esters is 1. The Morgan fingerprint density at radius 3 is 2.28 bits per heavy atom. The summed E-state index contributed by atoms with van der Waals surface area (Å²) in [6, 6.07) is 26.2. The molecule has 0 unspecified atom stereocenters. The first-order valence-electron chi connectivity index (χ1n) is 9.87. The first-order chi connectivity index (χ1) is 14.1. The van der Waals surface area contributed by atoms with Crippen LogP contribution in [0.1, 0.15) is 33.9 Å². The largest absolute Gasteiger partial charge is 0.460 e. The maximum atomic E-state index is 13.4. The standard InChI is InChI=1S/C26H25NO2/c1-18-13-15-21(16-14-18)25(26(28)29-17-20-9-5-4-6-10-20)24-19(2)27(3)23-12-8-7-11-22(23)24/h4-16,25H,17H2,1-3H3/t25-/m1/s1. The summed E-state index contributed by atoms with van der Waals surface area (Å²) in [5, 5.41) is 1.09. The van der Waals surface area contributed by atoms with Gasteiger partial charge in [-0.2, -0.15) is 0 Å². The third kappa shape index (κ3) is 3.68. The fraction of sp³-hybridized carbons (Fsp3) is 0.192. The van der Waals surface area contributed by atoms with E-state index in [1.54, 1.807) is 0 Å². The van der Waals surface area contributed by atoms with E-state index in [-0.39, 0.29) is 12.6 Å². The number of aromatic nitrogens is 1. The molecule has 4 aromatic rings. The maximum Gasteiger partial charge on any atom is 0.318 e. The smallest absolute Gasteiger partial charge is 0.318 e. The number of ether oxygens (including phenoxy) is 1. The molecule has 146 valence electrons. The SMILES string of the molecule is Cc1ccc([C@@H](C(=O)OCc2ccccc2)c2c(C)n(C)c3ccccc23)cc1.